The number of aryl methyl sites for hydroxylation is 1. The van der Waals surface area contributed by atoms with E-state index in [1.165, 1.54) is 0 Å². The number of aromatic carboxylic acids is 1. The van der Waals surface area contributed by atoms with Crippen molar-refractivity contribution in [3.8, 4) is 5.75 Å². The summed E-state index contributed by atoms with van der Waals surface area (Å²) < 4.78 is 5.38. The number of nitrogens with zero attached hydrogens (tertiary/aromatic N) is 1. The first-order chi connectivity index (χ1) is 8.65. The lowest BCUT2D eigenvalue weighted by atomic mass is 10.1. The van der Waals surface area contributed by atoms with Crippen molar-refractivity contribution in [3.63, 3.8) is 0 Å². The molecule has 1 aromatic carbocycles. The second-order valence-corrected chi connectivity index (χ2v) is 3.93. The molecule has 0 unspecified atom stereocenters. The van der Waals surface area contributed by atoms with Crippen molar-refractivity contribution in [2.75, 3.05) is 6.61 Å². The number of carboxylic acids is 1. The average Bonchev–Trinajstić information content (AvgIpc) is 2.37. The molecule has 0 aliphatic rings. The van der Waals surface area contributed by atoms with Gasteiger partial charge < -0.3 is 9.84 Å². The molecule has 0 aliphatic heterocycles. The molecule has 1 heterocycles. The highest BCUT2D eigenvalue weighted by Crippen LogP contribution is 2.24. The van der Waals surface area contributed by atoms with Crippen molar-refractivity contribution >= 4 is 16.9 Å². The fourth-order valence-electron chi connectivity index (χ4n) is 1.87. The van der Waals surface area contributed by atoms with Gasteiger partial charge in [-0.2, -0.15) is 0 Å². The predicted molar refractivity (Wildman–Crippen MR) is 69.2 cm³/mol. The number of hydrogen-bond acceptors (Lipinski definition) is 3. The van der Waals surface area contributed by atoms with Crippen LogP contribution in [0.15, 0.2) is 24.3 Å². The van der Waals surface area contributed by atoms with Gasteiger partial charge in [-0.3, -0.25) is 4.98 Å². The third-order valence-electron chi connectivity index (χ3n) is 2.74. The third-order valence-corrected chi connectivity index (χ3v) is 2.74. The van der Waals surface area contributed by atoms with Gasteiger partial charge in [0.1, 0.15) is 5.75 Å². The molecule has 4 nitrogen and oxygen atoms in total. The van der Waals surface area contributed by atoms with Crippen molar-refractivity contribution in [1.82, 2.24) is 4.98 Å². The fraction of sp³-hybridized carbons (Fsp3) is 0.286. The van der Waals surface area contributed by atoms with Gasteiger partial charge in [0.15, 0.2) is 0 Å². The summed E-state index contributed by atoms with van der Waals surface area (Å²) >= 11 is 0. The first-order valence-electron chi connectivity index (χ1n) is 5.95. The fourth-order valence-corrected chi connectivity index (χ4v) is 1.87. The molecule has 0 bridgehead atoms. The third kappa shape index (κ3) is 2.27. The van der Waals surface area contributed by atoms with Gasteiger partial charge in [0.25, 0.3) is 0 Å². The molecule has 2 aromatic rings. The van der Waals surface area contributed by atoms with Crippen LogP contribution in [0, 0.1) is 0 Å². The molecule has 94 valence electrons. The summed E-state index contributed by atoms with van der Waals surface area (Å²) in [6.45, 7) is 4.39. The molecule has 2 rings (SSSR count). The van der Waals surface area contributed by atoms with Crippen LogP contribution in [0.5, 0.6) is 5.75 Å². The zero-order chi connectivity index (χ0) is 13.1. The van der Waals surface area contributed by atoms with Gasteiger partial charge in [0, 0.05) is 11.1 Å². The molecule has 0 aliphatic carbocycles. The molecule has 0 spiro atoms. The van der Waals surface area contributed by atoms with E-state index in [4.69, 9.17) is 4.74 Å². The molecule has 0 amide bonds. The largest absolute Gasteiger partial charge is 0.494 e. The van der Waals surface area contributed by atoms with Gasteiger partial charge >= 0.3 is 5.97 Å². The summed E-state index contributed by atoms with van der Waals surface area (Å²) in [6, 6.07) is 6.96. The molecule has 1 aromatic heterocycles. The summed E-state index contributed by atoms with van der Waals surface area (Å²) in [7, 11) is 0. The number of aromatic nitrogens is 1. The minimum atomic E-state index is -0.939. The standard InChI is InChI=1S/C14H15NO3/c1-3-9-7-12(14(16)17)11-8-10(18-4-2)5-6-13(11)15-9/h5-8H,3-4H2,1-2H3,(H,16,17). The Balaban J connectivity index is 2.67. The number of rotatable bonds is 4. The van der Waals surface area contributed by atoms with Crippen LogP contribution < -0.4 is 4.74 Å². The zero-order valence-electron chi connectivity index (χ0n) is 10.4. The lowest BCUT2D eigenvalue weighted by Crippen LogP contribution is -2.02. The topological polar surface area (TPSA) is 59.4 Å². The quantitative estimate of drug-likeness (QED) is 0.899. The Morgan fingerprint density at radius 2 is 2.11 bits per heavy atom. The number of pyridine rings is 1. The van der Waals surface area contributed by atoms with E-state index in [-0.39, 0.29) is 5.56 Å². The lowest BCUT2D eigenvalue weighted by Gasteiger charge is -2.08. The second kappa shape index (κ2) is 5.04. The Kier molecular flexibility index (Phi) is 3.46. The first-order valence-corrected chi connectivity index (χ1v) is 5.95. The summed E-state index contributed by atoms with van der Waals surface area (Å²) in [5, 5.41) is 9.87. The van der Waals surface area contributed by atoms with Gasteiger partial charge in [-0.05, 0) is 37.6 Å². The van der Waals surface area contributed by atoms with E-state index in [2.05, 4.69) is 4.98 Å². The van der Waals surface area contributed by atoms with Gasteiger partial charge in [-0.1, -0.05) is 6.92 Å². The van der Waals surface area contributed by atoms with Crippen molar-refractivity contribution in [2.24, 2.45) is 0 Å². The smallest absolute Gasteiger partial charge is 0.336 e. The Hall–Kier alpha value is -2.10. The number of carboxylic acid groups (broad SMARTS) is 1. The molecule has 0 fully saturated rings. The monoisotopic (exact) mass is 245 g/mol. The highest BCUT2D eigenvalue weighted by molar-refractivity contribution is 6.03. The van der Waals surface area contributed by atoms with Gasteiger partial charge in [0.05, 0.1) is 17.7 Å². The lowest BCUT2D eigenvalue weighted by molar-refractivity contribution is 0.0699. The normalized spacial score (nSPS) is 10.6. The summed E-state index contributed by atoms with van der Waals surface area (Å²) in [5.41, 5.74) is 1.75. The van der Waals surface area contributed by atoms with Gasteiger partial charge in [0.2, 0.25) is 0 Å². The van der Waals surface area contributed by atoms with Crippen LogP contribution >= 0.6 is 0 Å². The van der Waals surface area contributed by atoms with Gasteiger partial charge in [-0.25, -0.2) is 4.79 Å². The van der Waals surface area contributed by atoms with E-state index < -0.39 is 5.97 Å². The maximum Gasteiger partial charge on any atom is 0.336 e. The van der Waals surface area contributed by atoms with Crippen LogP contribution in [0.25, 0.3) is 10.9 Å². The number of fused-ring (bicyclic) bond motifs is 1. The second-order valence-electron chi connectivity index (χ2n) is 3.93. The van der Waals surface area contributed by atoms with E-state index in [9.17, 15) is 9.90 Å². The summed E-state index contributed by atoms with van der Waals surface area (Å²) in [6.07, 6.45) is 0.712. The highest BCUT2D eigenvalue weighted by atomic mass is 16.5. The summed E-state index contributed by atoms with van der Waals surface area (Å²) in [4.78, 5) is 15.7. The number of hydrogen-bond donors (Lipinski definition) is 1. The van der Waals surface area contributed by atoms with E-state index in [1.807, 2.05) is 19.9 Å². The summed E-state index contributed by atoms with van der Waals surface area (Å²) in [5.74, 6) is -0.274. The van der Waals surface area contributed by atoms with Crippen LogP contribution in [0.3, 0.4) is 0 Å². The Bertz CT molecular complexity index is 593. The molecule has 0 radical (unpaired) electrons. The van der Waals surface area contributed by atoms with Gasteiger partial charge in [-0.15, -0.1) is 0 Å². The predicted octanol–water partition coefficient (Wildman–Crippen LogP) is 2.89. The first kappa shape index (κ1) is 12.4. The minimum Gasteiger partial charge on any atom is -0.494 e. The molecule has 0 saturated heterocycles. The van der Waals surface area contributed by atoms with Crippen LogP contribution in [0.1, 0.15) is 29.9 Å². The van der Waals surface area contributed by atoms with E-state index >= 15 is 0 Å². The van der Waals surface area contributed by atoms with Crippen LogP contribution in [0.2, 0.25) is 0 Å². The molecular formula is C14H15NO3. The average molecular weight is 245 g/mol. The highest BCUT2D eigenvalue weighted by Gasteiger charge is 2.12. The SMILES string of the molecule is CCOc1ccc2nc(CC)cc(C(=O)O)c2c1. The van der Waals surface area contributed by atoms with Crippen molar-refractivity contribution in [1.29, 1.82) is 0 Å². The van der Waals surface area contributed by atoms with Crippen LogP contribution in [-0.2, 0) is 6.42 Å². The number of carbonyl (C=O) groups is 1. The molecule has 1 N–H and O–H groups in total. The number of ether oxygens (including phenoxy) is 1. The molecule has 0 saturated carbocycles. The molecular weight excluding hydrogens is 230 g/mol. The van der Waals surface area contributed by atoms with E-state index in [1.54, 1.807) is 18.2 Å². The van der Waals surface area contributed by atoms with Crippen molar-refractivity contribution < 1.29 is 14.6 Å². The Morgan fingerprint density at radius 1 is 1.33 bits per heavy atom. The van der Waals surface area contributed by atoms with E-state index in [0.717, 1.165) is 5.69 Å². The Morgan fingerprint density at radius 3 is 2.72 bits per heavy atom. The number of benzene rings is 1. The van der Waals surface area contributed by atoms with Crippen LogP contribution in [-0.4, -0.2) is 22.7 Å². The van der Waals surface area contributed by atoms with Crippen molar-refractivity contribution in [3.05, 3.63) is 35.5 Å². The molecule has 4 heteroatoms. The van der Waals surface area contributed by atoms with E-state index in [0.29, 0.717) is 29.7 Å². The zero-order valence-corrected chi connectivity index (χ0v) is 10.4. The maximum atomic E-state index is 11.3. The Labute approximate surface area is 105 Å². The minimum absolute atomic E-state index is 0.276. The van der Waals surface area contributed by atoms with Crippen LogP contribution in [0.4, 0.5) is 0 Å². The molecule has 18 heavy (non-hydrogen) atoms. The van der Waals surface area contributed by atoms with Crippen molar-refractivity contribution in [2.45, 2.75) is 20.3 Å². The maximum absolute atomic E-state index is 11.3. The molecule has 0 atom stereocenters.